The van der Waals surface area contributed by atoms with Gasteiger partial charge in [-0.25, -0.2) is 9.59 Å². The number of amides is 2. The number of esters is 1. The quantitative estimate of drug-likeness (QED) is 0.734. The molecule has 9 heteroatoms. The van der Waals surface area contributed by atoms with E-state index >= 15 is 0 Å². The minimum Gasteiger partial charge on any atom is -0.493 e. The Labute approximate surface area is 147 Å². The van der Waals surface area contributed by atoms with Crippen molar-refractivity contribution in [3.05, 3.63) is 53.6 Å². The van der Waals surface area contributed by atoms with E-state index in [1.807, 2.05) is 0 Å². The van der Waals surface area contributed by atoms with Gasteiger partial charge in [-0.15, -0.1) is 0 Å². The molecule has 0 unspecified atom stereocenters. The Kier molecular flexibility index (Phi) is 6.31. The Morgan fingerprint density at radius 2 is 1.92 bits per heavy atom. The minimum absolute atomic E-state index is 0.0894. The van der Waals surface area contributed by atoms with Crippen LogP contribution in [0.1, 0.15) is 15.9 Å². The molecule has 0 spiro atoms. The molecule has 138 valence electrons. The van der Waals surface area contributed by atoms with Crippen molar-refractivity contribution in [1.82, 2.24) is 0 Å². The highest BCUT2D eigenvalue weighted by atomic mass is 19.3. The number of nitrogens with one attached hydrogen (secondary N) is 1. The van der Waals surface area contributed by atoms with Crippen molar-refractivity contribution in [2.75, 3.05) is 12.4 Å². The molecule has 0 heterocycles. The number of hydrogen-bond donors (Lipinski definition) is 2. The fraction of sp³-hybridized carbons (Fsp3) is 0.176. The van der Waals surface area contributed by atoms with Gasteiger partial charge >= 0.3 is 18.6 Å². The predicted molar refractivity (Wildman–Crippen MR) is 88.4 cm³/mol. The normalized spacial score (nSPS) is 10.3. The first kappa shape index (κ1) is 19.0. The van der Waals surface area contributed by atoms with Gasteiger partial charge in [0, 0.05) is 5.69 Å². The average molecular weight is 366 g/mol. The fourth-order valence-corrected chi connectivity index (χ4v) is 2.09. The number of hydrogen-bond acceptors (Lipinski definition) is 5. The van der Waals surface area contributed by atoms with Gasteiger partial charge in [-0.2, -0.15) is 8.78 Å². The molecule has 0 atom stereocenters. The number of urea groups is 1. The minimum atomic E-state index is -2.98. The number of rotatable bonds is 7. The number of alkyl halides is 2. The molecule has 0 saturated carbocycles. The van der Waals surface area contributed by atoms with Crippen LogP contribution in [0.4, 0.5) is 19.3 Å². The molecule has 2 aromatic rings. The summed E-state index contributed by atoms with van der Waals surface area (Å²) >= 11 is 0. The second kappa shape index (κ2) is 8.65. The lowest BCUT2D eigenvalue weighted by Crippen LogP contribution is -2.19. The van der Waals surface area contributed by atoms with E-state index in [0.717, 1.165) is 0 Å². The van der Waals surface area contributed by atoms with Crippen LogP contribution in [0.15, 0.2) is 42.5 Å². The van der Waals surface area contributed by atoms with E-state index in [1.54, 1.807) is 12.1 Å². The van der Waals surface area contributed by atoms with Crippen LogP contribution in [0.2, 0.25) is 0 Å². The van der Waals surface area contributed by atoms with E-state index in [1.165, 1.54) is 37.4 Å². The van der Waals surface area contributed by atoms with Crippen molar-refractivity contribution in [2.24, 2.45) is 5.73 Å². The van der Waals surface area contributed by atoms with Gasteiger partial charge in [0.05, 0.1) is 12.7 Å². The lowest BCUT2D eigenvalue weighted by atomic mass is 10.2. The highest BCUT2D eigenvalue weighted by Crippen LogP contribution is 2.29. The number of benzene rings is 2. The molecule has 0 aliphatic heterocycles. The van der Waals surface area contributed by atoms with Gasteiger partial charge in [-0.05, 0) is 35.9 Å². The smallest absolute Gasteiger partial charge is 0.387 e. The molecule has 3 N–H and O–H groups in total. The summed E-state index contributed by atoms with van der Waals surface area (Å²) in [6, 6.07) is 9.48. The third kappa shape index (κ3) is 5.33. The number of carbonyl (C=O) groups excluding carboxylic acids is 2. The Hall–Kier alpha value is -3.36. The van der Waals surface area contributed by atoms with E-state index in [2.05, 4.69) is 10.1 Å². The van der Waals surface area contributed by atoms with Crippen LogP contribution in [-0.2, 0) is 11.3 Å². The summed E-state index contributed by atoms with van der Waals surface area (Å²) in [6.07, 6.45) is 0. The van der Waals surface area contributed by atoms with Gasteiger partial charge in [0.15, 0.2) is 11.5 Å². The molecule has 0 radical (unpaired) electrons. The van der Waals surface area contributed by atoms with Gasteiger partial charge in [-0.1, -0.05) is 12.1 Å². The van der Waals surface area contributed by atoms with Crippen molar-refractivity contribution in [1.29, 1.82) is 0 Å². The first-order valence-electron chi connectivity index (χ1n) is 7.34. The molecule has 0 bridgehead atoms. The second-order valence-corrected chi connectivity index (χ2v) is 5.01. The molecule has 0 saturated heterocycles. The van der Waals surface area contributed by atoms with Crippen molar-refractivity contribution < 1.29 is 32.6 Å². The fourth-order valence-electron chi connectivity index (χ4n) is 2.09. The van der Waals surface area contributed by atoms with Crippen LogP contribution in [0.5, 0.6) is 11.5 Å². The van der Waals surface area contributed by atoms with Crippen LogP contribution in [0.25, 0.3) is 0 Å². The number of primary amides is 1. The first-order chi connectivity index (χ1) is 12.4. The standard InChI is InChI=1S/C17H16F2N2O5/c1-24-14-7-10(5-6-13(14)26-16(18)19)9-25-15(22)11-3-2-4-12(8-11)21-17(20)23/h2-8,16H,9H2,1H3,(H3,20,21,23). The second-order valence-electron chi connectivity index (χ2n) is 5.01. The van der Waals surface area contributed by atoms with E-state index < -0.39 is 18.6 Å². The third-order valence-corrected chi connectivity index (χ3v) is 3.18. The predicted octanol–water partition coefficient (Wildman–Crippen LogP) is 3.14. The highest BCUT2D eigenvalue weighted by Gasteiger charge is 2.13. The molecule has 7 nitrogen and oxygen atoms in total. The van der Waals surface area contributed by atoms with Crippen molar-refractivity contribution in [3.63, 3.8) is 0 Å². The van der Waals surface area contributed by atoms with Crippen LogP contribution in [-0.4, -0.2) is 25.7 Å². The van der Waals surface area contributed by atoms with E-state index in [0.29, 0.717) is 11.3 Å². The maximum Gasteiger partial charge on any atom is 0.387 e. The molecule has 0 aromatic heterocycles. The van der Waals surface area contributed by atoms with Crippen LogP contribution >= 0.6 is 0 Å². The summed E-state index contributed by atoms with van der Waals surface area (Å²) in [5, 5.41) is 2.35. The molecule has 2 aromatic carbocycles. The van der Waals surface area contributed by atoms with Crippen molar-refractivity contribution in [2.45, 2.75) is 13.2 Å². The number of methoxy groups -OCH3 is 1. The number of ether oxygens (including phenoxy) is 3. The molecule has 26 heavy (non-hydrogen) atoms. The zero-order valence-corrected chi connectivity index (χ0v) is 13.7. The average Bonchev–Trinajstić information content (AvgIpc) is 2.59. The summed E-state index contributed by atoms with van der Waals surface area (Å²) in [6.45, 7) is -3.09. The Morgan fingerprint density at radius 1 is 1.15 bits per heavy atom. The van der Waals surface area contributed by atoms with Crippen LogP contribution in [0.3, 0.4) is 0 Å². The number of halogens is 2. The molecule has 0 aliphatic rings. The zero-order valence-electron chi connectivity index (χ0n) is 13.7. The number of carbonyl (C=O) groups is 2. The maximum absolute atomic E-state index is 12.3. The SMILES string of the molecule is COc1cc(COC(=O)c2cccc(NC(N)=O)c2)ccc1OC(F)F. The molecule has 2 rings (SSSR count). The molecular weight excluding hydrogens is 350 g/mol. The highest BCUT2D eigenvalue weighted by molar-refractivity contribution is 5.93. The van der Waals surface area contributed by atoms with Crippen molar-refractivity contribution >= 4 is 17.7 Å². The van der Waals surface area contributed by atoms with E-state index in [4.69, 9.17) is 15.2 Å². The van der Waals surface area contributed by atoms with Gasteiger partial charge in [0.25, 0.3) is 0 Å². The molecule has 0 fully saturated rings. The van der Waals surface area contributed by atoms with Crippen molar-refractivity contribution in [3.8, 4) is 11.5 Å². The Morgan fingerprint density at radius 3 is 2.58 bits per heavy atom. The van der Waals surface area contributed by atoms with Gasteiger partial charge < -0.3 is 25.3 Å². The molecule has 2 amide bonds. The Balaban J connectivity index is 2.04. The number of anilines is 1. The third-order valence-electron chi connectivity index (χ3n) is 3.18. The summed E-state index contributed by atoms with van der Waals surface area (Å²) in [5.74, 6) is -0.667. The zero-order chi connectivity index (χ0) is 19.1. The lowest BCUT2D eigenvalue weighted by Gasteiger charge is -2.12. The maximum atomic E-state index is 12.3. The summed E-state index contributed by atoms with van der Waals surface area (Å²) in [5.41, 5.74) is 6.09. The van der Waals surface area contributed by atoms with E-state index in [-0.39, 0.29) is 23.7 Å². The van der Waals surface area contributed by atoms with Gasteiger partial charge in [0.1, 0.15) is 6.61 Å². The van der Waals surface area contributed by atoms with Gasteiger partial charge in [0.2, 0.25) is 0 Å². The molecular formula is C17H16F2N2O5. The lowest BCUT2D eigenvalue weighted by molar-refractivity contribution is -0.0512. The Bertz CT molecular complexity index is 798. The largest absolute Gasteiger partial charge is 0.493 e. The van der Waals surface area contributed by atoms with E-state index in [9.17, 15) is 18.4 Å². The number of nitrogens with two attached hydrogens (primary N) is 1. The summed E-state index contributed by atoms with van der Waals surface area (Å²) in [7, 11) is 1.31. The first-order valence-corrected chi connectivity index (χ1v) is 7.34. The summed E-state index contributed by atoms with van der Waals surface area (Å²) < 4.78 is 39.1. The topological polar surface area (TPSA) is 99.9 Å². The van der Waals surface area contributed by atoms with Crippen LogP contribution in [0, 0.1) is 0 Å². The molecule has 0 aliphatic carbocycles. The monoisotopic (exact) mass is 366 g/mol. The van der Waals surface area contributed by atoms with Crippen LogP contribution < -0.4 is 20.5 Å². The summed E-state index contributed by atoms with van der Waals surface area (Å²) in [4.78, 5) is 22.9. The van der Waals surface area contributed by atoms with Gasteiger partial charge in [-0.3, -0.25) is 0 Å².